The number of aliphatic hydroxyl groups excluding tert-OH is 1. The first kappa shape index (κ1) is 25.9. The van der Waals surface area contributed by atoms with Crippen LogP contribution in [0.4, 0.5) is 0 Å². The molecule has 4 nitrogen and oxygen atoms in total. The van der Waals surface area contributed by atoms with Crippen LogP contribution in [-0.4, -0.2) is 24.1 Å². The Balaban J connectivity index is 1.61. The molecular formula is C31H34O4. The van der Waals surface area contributed by atoms with Crippen LogP contribution >= 0.6 is 0 Å². The predicted octanol–water partition coefficient (Wildman–Crippen LogP) is 7.71. The van der Waals surface area contributed by atoms with Crippen molar-refractivity contribution in [1.82, 2.24) is 0 Å². The van der Waals surface area contributed by atoms with Crippen molar-refractivity contribution < 1.29 is 19.3 Å². The van der Waals surface area contributed by atoms with E-state index in [0.717, 1.165) is 46.4 Å². The Hall–Kier alpha value is -3.76. The van der Waals surface area contributed by atoms with E-state index in [1.807, 2.05) is 79.7 Å². The Bertz CT molecular complexity index is 1170. The van der Waals surface area contributed by atoms with E-state index >= 15 is 0 Å². The van der Waals surface area contributed by atoms with Gasteiger partial charge in [-0.25, -0.2) is 0 Å². The number of methoxy groups -OCH3 is 1. The minimum atomic E-state index is -0.392. The van der Waals surface area contributed by atoms with Crippen molar-refractivity contribution in [3.05, 3.63) is 113 Å². The normalized spacial score (nSPS) is 13.0. The van der Waals surface area contributed by atoms with Crippen molar-refractivity contribution in [3.8, 4) is 11.5 Å². The average molecular weight is 471 g/mol. The third-order valence-electron chi connectivity index (χ3n) is 5.28. The predicted molar refractivity (Wildman–Crippen MR) is 145 cm³/mol. The van der Waals surface area contributed by atoms with Crippen molar-refractivity contribution in [3.63, 3.8) is 0 Å². The highest BCUT2D eigenvalue weighted by molar-refractivity contribution is 5.59. The van der Waals surface area contributed by atoms with Crippen LogP contribution in [0.2, 0.25) is 0 Å². The monoisotopic (exact) mass is 470 g/mol. The highest BCUT2D eigenvalue weighted by Gasteiger charge is 2.20. The maximum atomic E-state index is 9.02. The fourth-order valence-electron chi connectivity index (χ4n) is 3.69. The van der Waals surface area contributed by atoms with Gasteiger partial charge in [0, 0.05) is 13.5 Å². The quantitative estimate of drug-likeness (QED) is 0.177. The third kappa shape index (κ3) is 8.84. The first-order valence-electron chi connectivity index (χ1n) is 11.7. The summed E-state index contributed by atoms with van der Waals surface area (Å²) in [6, 6.07) is 24.0. The summed E-state index contributed by atoms with van der Waals surface area (Å²) in [6.45, 7) is 6.02. The van der Waals surface area contributed by atoms with Gasteiger partial charge in [-0.05, 0) is 73.4 Å². The van der Waals surface area contributed by atoms with Gasteiger partial charge in [0.2, 0.25) is 0 Å². The molecule has 0 heterocycles. The van der Waals surface area contributed by atoms with Crippen LogP contribution in [0.15, 0.2) is 91.2 Å². The zero-order valence-electron chi connectivity index (χ0n) is 20.8. The molecule has 0 saturated carbocycles. The maximum Gasteiger partial charge on any atom is 0.196 e. The lowest BCUT2D eigenvalue weighted by molar-refractivity contribution is -0.0382. The molecule has 3 aromatic rings. The number of hydrogen-bond acceptors (Lipinski definition) is 4. The second-order valence-corrected chi connectivity index (χ2v) is 8.88. The van der Waals surface area contributed by atoms with Gasteiger partial charge in [0.25, 0.3) is 0 Å². The first-order chi connectivity index (χ1) is 16.9. The second-order valence-electron chi connectivity index (χ2n) is 8.88. The summed E-state index contributed by atoms with van der Waals surface area (Å²) < 4.78 is 17.2. The van der Waals surface area contributed by atoms with Crippen LogP contribution in [0.5, 0.6) is 11.5 Å². The summed E-state index contributed by atoms with van der Waals surface area (Å²) >= 11 is 0. The number of ether oxygens (including phenoxy) is 3. The summed E-state index contributed by atoms with van der Waals surface area (Å²) in [7, 11) is 1.62. The molecule has 182 valence electrons. The van der Waals surface area contributed by atoms with E-state index in [2.05, 4.69) is 38.1 Å². The van der Waals surface area contributed by atoms with Crippen LogP contribution in [0, 0.1) is 0 Å². The lowest BCUT2D eigenvalue weighted by atomic mass is 9.97. The molecule has 3 aromatic carbocycles. The topological polar surface area (TPSA) is 47.9 Å². The van der Waals surface area contributed by atoms with Crippen molar-refractivity contribution in [2.75, 3.05) is 7.11 Å². The van der Waals surface area contributed by atoms with E-state index in [1.165, 1.54) is 0 Å². The van der Waals surface area contributed by atoms with Gasteiger partial charge >= 0.3 is 0 Å². The van der Waals surface area contributed by atoms with Crippen LogP contribution in [0.25, 0.3) is 18.2 Å². The second kappa shape index (κ2) is 12.6. The molecule has 1 unspecified atom stereocenters. The summed E-state index contributed by atoms with van der Waals surface area (Å²) in [4.78, 5) is 0. The molecule has 0 amide bonds. The van der Waals surface area contributed by atoms with E-state index in [-0.39, 0.29) is 6.29 Å². The van der Waals surface area contributed by atoms with E-state index < -0.39 is 5.60 Å². The standard InChI is InChI=1S/C31H34O4/c1-24(33-4)34-29-16-8-13-25(21-29)10-5-6-11-26-14-9-17-30(22-26)35-31(2,3)23-28-15-7-12-27(20-28)18-19-32/h5-22,24,32H,23H2,1-4H3. The van der Waals surface area contributed by atoms with Crippen molar-refractivity contribution >= 4 is 18.2 Å². The molecule has 0 saturated heterocycles. The molecule has 4 heteroatoms. The SMILES string of the molecule is COC(C)Oc1cccc(C=CC=Cc2cccc(OC(C)(C)Cc3cccc(C=CO)c3)c2)c1. The molecule has 0 bridgehead atoms. The maximum absolute atomic E-state index is 9.02. The van der Waals surface area contributed by atoms with Gasteiger partial charge in [-0.2, -0.15) is 0 Å². The Morgan fingerprint density at radius 2 is 1.37 bits per heavy atom. The smallest absolute Gasteiger partial charge is 0.196 e. The molecule has 0 aromatic heterocycles. The van der Waals surface area contributed by atoms with E-state index in [4.69, 9.17) is 19.3 Å². The number of benzene rings is 3. The van der Waals surface area contributed by atoms with Gasteiger partial charge in [0.1, 0.15) is 17.1 Å². The number of allylic oxidation sites excluding steroid dienone is 2. The molecule has 0 spiro atoms. The summed E-state index contributed by atoms with van der Waals surface area (Å²) in [5.74, 6) is 1.60. The minimum Gasteiger partial charge on any atom is -0.516 e. The minimum absolute atomic E-state index is 0.290. The molecule has 0 aliphatic carbocycles. The zero-order valence-corrected chi connectivity index (χ0v) is 20.8. The zero-order chi connectivity index (χ0) is 25.1. The lowest BCUT2D eigenvalue weighted by Gasteiger charge is -2.27. The summed E-state index contributed by atoms with van der Waals surface area (Å²) in [5, 5.41) is 9.02. The largest absolute Gasteiger partial charge is 0.516 e. The Morgan fingerprint density at radius 1 is 0.800 bits per heavy atom. The van der Waals surface area contributed by atoms with Crippen LogP contribution in [0.1, 0.15) is 43.0 Å². The molecular weight excluding hydrogens is 436 g/mol. The fourth-order valence-corrected chi connectivity index (χ4v) is 3.69. The van der Waals surface area contributed by atoms with Gasteiger partial charge in [0.15, 0.2) is 6.29 Å². The average Bonchev–Trinajstić information content (AvgIpc) is 2.82. The number of rotatable bonds is 11. The van der Waals surface area contributed by atoms with E-state index in [9.17, 15) is 0 Å². The molecule has 0 radical (unpaired) electrons. The molecule has 0 aliphatic heterocycles. The van der Waals surface area contributed by atoms with Crippen LogP contribution in [0.3, 0.4) is 0 Å². The molecule has 0 aliphatic rings. The van der Waals surface area contributed by atoms with E-state index in [0.29, 0.717) is 0 Å². The number of aliphatic hydroxyl groups is 1. The van der Waals surface area contributed by atoms with Crippen molar-refractivity contribution in [2.45, 2.75) is 39.1 Å². The van der Waals surface area contributed by atoms with Crippen LogP contribution < -0.4 is 9.47 Å². The molecule has 35 heavy (non-hydrogen) atoms. The lowest BCUT2D eigenvalue weighted by Crippen LogP contribution is -2.31. The number of hydrogen-bond donors (Lipinski definition) is 1. The van der Waals surface area contributed by atoms with Gasteiger partial charge in [-0.15, -0.1) is 0 Å². The van der Waals surface area contributed by atoms with Crippen molar-refractivity contribution in [2.24, 2.45) is 0 Å². The summed E-state index contributed by atoms with van der Waals surface area (Å²) in [5.41, 5.74) is 3.83. The van der Waals surface area contributed by atoms with Gasteiger partial charge in [-0.3, -0.25) is 0 Å². The van der Waals surface area contributed by atoms with Gasteiger partial charge < -0.3 is 19.3 Å². The Labute approximate surface area is 208 Å². The highest BCUT2D eigenvalue weighted by atomic mass is 16.7. The molecule has 0 fully saturated rings. The fraction of sp³-hybridized carbons (Fsp3) is 0.226. The molecule has 1 atom stereocenters. The Morgan fingerprint density at radius 3 is 2.00 bits per heavy atom. The molecule has 3 rings (SSSR count). The van der Waals surface area contributed by atoms with Gasteiger partial charge in [-0.1, -0.05) is 72.8 Å². The van der Waals surface area contributed by atoms with Crippen molar-refractivity contribution in [1.29, 1.82) is 0 Å². The van der Waals surface area contributed by atoms with E-state index in [1.54, 1.807) is 13.2 Å². The summed E-state index contributed by atoms with van der Waals surface area (Å²) in [6.07, 6.45) is 11.3. The van der Waals surface area contributed by atoms with Gasteiger partial charge in [0.05, 0.1) is 6.26 Å². The first-order valence-corrected chi connectivity index (χ1v) is 11.7. The highest BCUT2D eigenvalue weighted by Crippen LogP contribution is 2.24. The Kier molecular flexibility index (Phi) is 9.33. The molecule has 1 N–H and O–H groups in total. The van der Waals surface area contributed by atoms with Crippen LogP contribution in [-0.2, 0) is 11.2 Å². The third-order valence-corrected chi connectivity index (χ3v) is 5.28.